The van der Waals surface area contributed by atoms with Crippen molar-refractivity contribution in [3.05, 3.63) is 0 Å². The molecular formula is C14H30N2O. The molecule has 0 aliphatic carbocycles. The van der Waals surface area contributed by atoms with Crippen molar-refractivity contribution in [2.75, 3.05) is 13.1 Å². The number of hydrogen-bond donors (Lipinski definition) is 2. The average molecular weight is 242 g/mol. The van der Waals surface area contributed by atoms with Crippen LogP contribution < -0.4 is 10.6 Å². The van der Waals surface area contributed by atoms with Crippen molar-refractivity contribution < 1.29 is 4.79 Å². The molecule has 102 valence electrons. The molecule has 3 nitrogen and oxygen atoms in total. The summed E-state index contributed by atoms with van der Waals surface area (Å²) in [5.74, 6) is 0.830. The van der Waals surface area contributed by atoms with E-state index < -0.39 is 0 Å². The Labute approximate surface area is 107 Å². The smallest absolute Gasteiger partial charge is 0.234 e. The molecule has 0 bridgehead atoms. The second-order valence-electron chi connectivity index (χ2n) is 4.92. The van der Waals surface area contributed by atoms with E-state index in [1.165, 1.54) is 25.7 Å². The zero-order valence-corrected chi connectivity index (χ0v) is 12.0. The summed E-state index contributed by atoms with van der Waals surface area (Å²) in [7, 11) is 0. The molecule has 0 fully saturated rings. The van der Waals surface area contributed by atoms with Crippen molar-refractivity contribution in [3.8, 4) is 0 Å². The van der Waals surface area contributed by atoms with Gasteiger partial charge >= 0.3 is 0 Å². The van der Waals surface area contributed by atoms with E-state index in [1.807, 2.05) is 6.92 Å². The Hall–Kier alpha value is -0.570. The van der Waals surface area contributed by atoms with E-state index in [2.05, 4.69) is 31.4 Å². The van der Waals surface area contributed by atoms with E-state index in [-0.39, 0.29) is 11.9 Å². The van der Waals surface area contributed by atoms with Crippen LogP contribution in [0.25, 0.3) is 0 Å². The lowest BCUT2D eigenvalue weighted by molar-refractivity contribution is -0.120. The molecule has 0 heterocycles. The molecule has 0 saturated heterocycles. The fraction of sp³-hybridized carbons (Fsp3) is 0.929. The first-order chi connectivity index (χ1) is 8.13. The maximum absolute atomic E-state index is 11.5. The van der Waals surface area contributed by atoms with Gasteiger partial charge in [0, 0.05) is 6.04 Å². The van der Waals surface area contributed by atoms with Gasteiger partial charge < -0.3 is 10.6 Å². The first-order valence-corrected chi connectivity index (χ1v) is 7.14. The van der Waals surface area contributed by atoms with Crippen LogP contribution in [0.3, 0.4) is 0 Å². The maximum Gasteiger partial charge on any atom is 0.234 e. The largest absolute Gasteiger partial charge is 0.353 e. The molecular weight excluding hydrogens is 212 g/mol. The number of carbonyl (C=O) groups is 1. The van der Waals surface area contributed by atoms with Gasteiger partial charge in [0.1, 0.15) is 0 Å². The normalized spacial score (nSPS) is 14.4. The fourth-order valence-electron chi connectivity index (χ4n) is 1.76. The molecule has 0 spiro atoms. The molecule has 2 atom stereocenters. The van der Waals surface area contributed by atoms with Gasteiger partial charge in [-0.1, -0.05) is 40.0 Å². The standard InChI is InChI=1S/C14H30N2O/c1-5-8-9-13(7-3)10-15-11-14(17)16-12(4)6-2/h12-13,15H,5-11H2,1-4H3,(H,16,17). The summed E-state index contributed by atoms with van der Waals surface area (Å²) in [6.07, 6.45) is 6.00. The molecule has 17 heavy (non-hydrogen) atoms. The molecule has 1 amide bonds. The summed E-state index contributed by atoms with van der Waals surface area (Å²) in [6.45, 7) is 9.97. The molecule has 0 saturated carbocycles. The van der Waals surface area contributed by atoms with E-state index in [1.54, 1.807) is 0 Å². The first-order valence-electron chi connectivity index (χ1n) is 7.14. The number of nitrogens with one attached hydrogen (secondary N) is 2. The molecule has 0 aromatic rings. The number of carbonyl (C=O) groups excluding carboxylic acids is 1. The molecule has 0 aromatic carbocycles. The number of unbranched alkanes of at least 4 members (excludes halogenated alkanes) is 1. The highest BCUT2D eigenvalue weighted by molar-refractivity contribution is 5.78. The minimum Gasteiger partial charge on any atom is -0.353 e. The summed E-state index contributed by atoms with van der Waals surface area (Å²) in [6, 6.07) is 0.284. The predicted octanol–water partition coefficient (Wildman–Crippen LogP) is 2.71. The number of rotatable bonds is 10. The zero-order chi connectivity index (χ0) is 13.1. The average Bonchev–Trinajstić information content (AvgIpc) is 2.33. The van der Waals surface area contributed by atoms with Crippen LogP contribution in [0, 0.1) is 5.92 Å². The van der Waals surface area contributed by atoms with Crippen LogP contribution in [0.1, 0.15) is 59.8 Å². The van der Waals surface area contributed by atoms with E-state index >= 15 is 0 Å². The minimum absolute atomic E-state index is 0.115. The lowest BCUT2D eigenvalue weighted by atomic mass is 9.99. The van der Waals surface area contributed by atoms with Crippen LogP contribution in [0.15, 0.2) is 0 Å². The highest BCUT2D eigenvalue weighted by atomic mass is 16.1. The zero-order valence-electron chi connectivity index (χ0n) is 12.0. The summed E-state index contributed by atoms with van der Waals surface area (Å²) in [4.78, 5) is 11.5. The maximum atomic E-state index is 11.5. The minimum atomic E-state index is 0.115. The van der Waals surface area contributed by atoms with Gasteiger partial charge in [-0.3, -0.25) is 4.79 Å². The van der Waals surface area contributed by atoms with Crippen LogP contribution in [-0.4, -0.2) is 25.0 Å². The number of amides is 1. The Morgan fingerprint density at radius 3 is 2.41 bits per heavy atom. The van der Waals surface area contributed by atoms with Gasteiger partial charge in [-0.15, -0.1) is 0 Å². The van der Waals surface area contributed by atoms with Crippen LogP contribution in [0.4, 0.5) is 0 Å². The van der Waals surface area contributed by atoms with Crippen molar-refractivity contribution in [1.29, 1.82) is 0 Å². The van der Waals surface area contributed by atoms with Crippen molar-refractivity contribution in [2.45, 2.75) is 65.8 Å². The lowest BCUT2D eigenvalue weighted by Gasteiger charge is -2.16. The molecule has 0 rings (SSSR count). The molecule has 0 radical (unpaired) electrons. The quantitative estimate of drug-likeness (QED) is 0.618. The second kappa shape index (κ2) is 10.6. The molecule has 0 aliphatic heterocycles. The Morgan fingerprint density at radius 1 is 1.18 bits per heavy atom. The second-order valence-corrected chi connectivity index (χ2v) is 4.92. The molecule has 0 aliphatic rings. The van der Waals surface area contributed by atoms with Crippen molar-refractivity contribution in [1.82, 2.24) is 10.6 Å². The summed E-state index contributed by atoms with van der Waals surface area (Å²) < 4.78 is 0. The highest BCUT2D eigenvalue weighted by Crippen LogP contribution is 2.10. The predicted molar refractivity (Wildman–Crippen MR) is 74.1 cm³/mol. The van der Waals surface area contributed by atoms with Crippen LogP contribution in [0.5, 0.6) is 0 Å². The van der Waals surface area contributed by atoms with E-state index in [4.69, 9.17) is 0 Å². The molecule has 2 N–H and O–H groups in total. The van der Waals surface area contributed by atoms with E-state index in [0.29, 0.717) is 12.5 Å². The van der Waals surface area contributed by atoms with Gasteiger partial charge in [0.25, 0.3) is 0 Å². The third-order valence-corrected chi connectivity index (χ3v) is 3.28. The molecule has 2 unspecified atom stereocenters. The Balaban J connectivity index is 3.62. The topological polar surface area (TPSA) is 41.1 Å². The Morgan fingerprint density at radius 2 is 1.88 bits per heavy atom. The highest BCUT2D eigenvalue weighted by Gasteiger charge is 2.08. The van der Waals surface area contributed by atoms with Gasteiger partial charge in [0.15, 0.2) is 0 Å². The summed E-state index contributed by atoms with van der Waals surface area (Å²) in [5.41, 5.74) is 0. The van der Waals surface area contributed by atoms with Gasteiger partial charge in [-0.25, -0.2) is 0 Å². The number of hydrogen-bond acceptors (Lipinski definition) is 2. The van der Waals surface area contributed by atoms with Gasteiger partial charge in [-0.05, 0) is 32.2 Å². The van der Waals surface area contributed by atoms with E-state index in [0.717, 1.165) is 13.0 Å². The van der Waals surface area contributed by atoms with E-state index in [9.17, 15) is 4.79 Å². The first kappa shape index (κ1) is 16.4. The Kier molecular flexibility index (Phi) is 10.2. The molecule has 0 aromatic heterocycles. The monoisotopic (exact) mass is 242 g/mol. The third-order valence-electron chi connectivity index (χ3n) is 3.28. The van der Waals surface area contributed by atoms with Gasteiger partial charge in [0.05, 0.1) is 6.54 Å². The SMILES string of the molecule is CCCCC(CC)CNCC(=O)NC(C)CC. The summed E-state index contributed by atoms with van der Waals surface area (Å²) in [5, 5.41) is 6.23. The van der Waals surface area contributed by atoms with Crippen LogP contribution in [-0.2, 0) is 4.79 Å². The van der Waals surface area contributed by atoms with Gasteiger partial charge in [-0.2, -0.15) is 0 Å². The fourth-order valence-corrected chi connectivity index (χ4v) is 1.76. The van der Waals surface area contributed by atoms with Gasteiger partial charge in [0.2, 0.25) is 5.91 Å². The van der Waals surface area contributed by atoms with Crippen LogP contribution >= 0.6 is 0 Å². The van der Waals surface area contributed by atoms with Crippen molar-refractivity contribution in [2.24, 2.45) is 5.92 Å². The third kappa shape index (κ3) is 9.16. The van der Waals surface area contributed by atoms with Crippen LogP contribution in [0.2, 0.25) is 0 Å². The molecule has 3 heteroatoms. The summed E-state index contributed by atoms with van der Waals surface area (Å²) >= 11 is 0. The lowest BCUT2D eigenvalue weighted by Crippen LogP contribution is -2.39. The van der Waals surface area contributed by atoms with Crippen molar-refractivity contribution in [3.63, 3.8) is 0 Å². The van der Waals surface area contributed by atoms with Crippen molar-refractivity contribution >= 4 is 5.91 Å². The Bertz CT molecular complexity index is 195.